The zero-order valence-electron chi connectivity index (χ0n) is 12.0. The normalized spacial score (nSPS) is 11.6. The molecule has 0 atom stereocenters. The van der Waals surface area contributed by atoms with E-state index in [9.17, 15) is 0 Å². The third kappa shape index (κ3) is 1.44. The number of aromatic nitrogens is 2. The molecule has 104 valence electrons. The molecule has 2 aromatic heterocycles. The van der Waals surface area contributed by atoms with Crippen LogP contribution in [-0.2, 0) is 0 Å². The highest BCUT2D eigenvalue weighted by atomic mass is 15.0. The monoisotopic (exact) mass is 282 g/mol. The van der Waals surface area contributed by atoms with Crippen LogP contribution in [0.3, 0.4) is 0 Å². The molecule has 2 heteroatoms. The summed E-state index contributed by atoms with van der Waals surface area (Å²) < 4.78 is 2.35. The van der Waals surface area contributed by atoms with E-state index in [4.69, 9.17) is 0 Å². The number of benzene rings is 3. The molecule has 0 amide bonds. The number of nitrogens with zero attached hydrogens (tertiary/aromatic N) is 1. The number of H-pyrrole nitrogens is 1. The Morgan fingerprint density at radius 1 is 0.682 bits per heavy atom. The Labute approximate surface area is 127 Å². The SMILES string of the molecule is c1ccc(-n2c3ccccc3c3ccc4cc[nH]c4c32)cc1. The molecule has 5 rings (SSSR count). The maximum atomic E-state index is 3.41. The van der Waals surface area contributed by atoms with Crippen molar-refractivity contribution in [1.29, 1.82) is 0 Å². The molecular formula is C20H14N2. The Morgan fingerprint density at radius 2 is 1.50 bits per heavy atom. The minimum absolute atomic E-state index is 1.19. The minimum Gasteiger partial charge on any atom is -0.359 e. The molecule has 0 aliphatic rings. The van der Waals surface area contributed by atoms with Gasteiger partial charge in [-0.2, -0.15) is 0 Å². The number of para-hydroxylation sites is 2. The van der Waals surface area contributed by atoms with Crippen molar-refractivity contribution >= 4 is 32.7 Å². The molecule has 0 unspecified atom stereocenters. The molecule has 3 aromatic carbocycles. The van der Waals surface area contributed by atoms with Crippen LogP contribution in [0.1, 0.15) is 0 Å². The number of hydrogen-bond donors (Lipinski definition) is 1. The average molecular weight is 282 g/mol. The van der Waals surface area contributed by atoms with Crippen molar-refractivity contribution in [3.63, 3.8) is 0 Å². The summed E-state index contributed by atoms with van der Waals surface area (Å²) in [5.41, 5.74) is 4.87. The van der Waals surface area contributed by atoms with E-state index >= 15 is 0 Å². The summed E-state index contributed by atoms with van der Waals surface area (Å²) in [6, 6.07) is 25.7. The number of fused-ring (bicyclic) bond motifs is 5. The number of hydrogen-bond acceptors (Lipinski definition) is 0. The van der Waals surface area contributed by atoms with Crippen LogP contribution >= 0.6 is 0 Å². The minimum atomic E-state index is 1.19. The van der Waals surface area contributed by atoms with Gasteiger partial charge in [0.15, 0.2) is 0 Å². The lowest BCUT2D eigenvalue weighted by Gasteiger charge is -2.08. The summed E-state index contributed by atoms with van der Waals surface area (Å²) in [5.74, 6) is 0. The Balaban J connectivity index is 2.10. The van der Waals surface area contributed by atoms with E-state index in [1.165, 1.54) is 38.4 Å². The molecule has 2 heterocycles. The van der Waals surface area contributed by atoms with E-state index in [0.29, 0.717) is 0 Å². The summed E-state index contributed by atoms with van der Waals surface area (Å²) in [5, 5.41) is 3.82. The summed E-state index contributed by atoms with van der Waals surface area (Å²) in [6.07, 6.45) is 2.01. The predicted molar refractivity (Wildman–Crippen MR) is 92.6 cm³/mol. The highest BCUT2D eigenvalue weighted by Crippen LogP contribution is 2.35. The lowest BCUT2D eigenvalue weighted by molar-refractivity contribution is 1.18. The molecule has 0 fully saturated rings. The summed E-state index contributed by atoms with van der Waals surface area (Å²) in [6.45, 7) is 0. The molecule has 0 spiro atoms. The molecule has 0 radical (unpaired) electrons. The zero-order chi connectivity index (χ0) is 14.5. The summed E-state index contributed by atoms with van der Waals surface area (Å²) in [4.78, 5) is 3.41. The summed E-state index contributed by atoms with van der Waals surface area (Å²) >= 11 is 0. The van der Waals surface area contributed by atoms with Crippen molar-refractivity contribution < 1.29 is 0 Å². The van der Waals surface area contributed by atoms with Crippen LogP contribution in [0, 0.1) is 0 Å². The fourth-order valence-corrected chi connectivity index (χ4v) is 3.42. The van der Waals surface area contributed by atoms with Gasteiger partial charge in [-0.25, -0.2) is 0 Å². The van der Waals surface area contributed by atoms with Gasteiger partial charge in [-0.05, 0) is 24.3 Å². The van der Waals surface area contributed by atoms with Crippen molar-refractivity contribution in [3.05, 3.63) is 79.0 Å². The van der Waals surface area contributed by atoms with Crippen molar-refractivity contribution in [3.8, 4) is 5.69 Å². The van der Waals surface area contributed by atoms with Crippen molar-refractivity contribution in [2.45, 2.75) is 0 Å². The first kappa shape index (κ1) is 11.6. The lowest BCUT2D eigenvalue weighted by atomic mass is 10.1. The van der Waals surface area contributed by atoms with Gasteiger partial charge < -0.3 is 9.55 Å². The van der Waals surface area contributed by atoms with E-state index < -0.39 is 0 Å². The second kappa shape index (κ2) is 4.25. The van der Waals surface area contributed by atoms with Gasteiger partial charge in [-0.3, -0.25) is 0 Å². The van der Waals surface area contributed by atoms with Crippen LogP contribution in [0.15, 0.2) is 79.0 Å². The molecule has 0 aliphatic carbocycles. The number of aromatic amines is 1. The van der Waals surface area contributed by atoms with E-state index in [1.807, 2.05) is 6.20 Å². The molecule has 2 nitrogen and oxygen atoms in total. The van der Waals surface area contributed by atoms with Gasteiger partial charge in [-0.1, -0.05) is 48.5 Å². The third-order valence-electron chi connectivity index (χ3n) is 4.37. The predicted octanol–water partition coefficient (Wildman–Crippen LogP) is 5.27. The fraction of sp³-hybridized carbons (Fsp3) is 0. The van der Waals surface area contributed by atoms with E-state index in [2.05, 4.69) is 82.3 Å². The fourth-order valence-electron chi connectivity index (χ4n) is 3.42. The first-order chi connectivity index (χ1) is 10.9. The van der Waals surface area contributed by atoms with Crippen LogP contribution in [-0.4, -0.2) is 9.55 Å². The van der Waals surface area contributed by atoms with Crippen LogP contribution in [0.25, 0.3) is 38.4 Å². The van der Waals surface area contributed by atoms with E-state index in [-0.39, 0.29) is 0 Å². The first-order valence-corrected chi connectivity index (χ1v) is 7.48. The molecule has 22 heavy (non-hydrogen) atoms. The van der Waals surface area contributed by atoms with Gasteiger partial charge in [0.2, 0.25) is 0 Å². The van der Waals surface area contributed by atoms with E-state index in [0.717, 1.165) is 0 Å². The molecule has 0 aliphatic heterocycles. The van der Waals surface area contributed by atoms with E-state index in [1.54, 1.807) is 0 Å². The molecular weight excluding hydrogens is 268 g/mol. The Bertz CT molecular complexity index is 1110. The molecule has 0 saturated carbocycles. The van der Waals surface area contributed by atoms with Gasteiger partial charge in [0, 0.05) is 28.0 Å². The Hall–Kier alpha value is -3.00. The van der Waals surface area contributed by atoms with Crippen LogP contribution < -0.4 is 0 Å². The highest BCUT2D eigenvalue weighted by molar-refractivity contribution is 6.17. The Kier molecular flexibility index (Phi) is 2.25. The first-order valence-electron chi connectivity index (χ1n) is 7.48. The van der Waals surface area contributed by atoms with Crippen molar-refractivity contribution in [1.82, 2.24) is 9.55 Å². The van der Waals surface area contributed by atoms with Crippen LogP contribution in [0.5, 0.6) is 0 Å². The largest absolute Gasteiger partial charge is 0.359 e. The maximum absolute atomic E-state index is 3.41. The van der Waals surface area contributed by atoms with Gasteiger partial charge in [0.25, 0.3) is 0 Å². The molecule has 1 N–H and O–H groups in total. The second-order valence-corrected chi connectivity index (χ2v) is 5.59. The number of nitrogens with one attached hydrogen (secondary N) is 1. The quantitative estimate of drug-likeness (QED) is 0.432. The standard InChI is InChI=1S/C20H14N2/c1-2-6-15(7-3-1)22-18-9-5-4-8-16(18)17-11-10-14-12-13-21-19(14)20(17)22/h1-13,21H. The third-order valence-corrected chi connectivity index (χ3v) is 4.37. The highest BCUT2D eigenvalue weighted by Gasteiger charge is 2.14. The Morgan fingerprint density at radius 3 is 2.41 bits per heavy atom. The molecule has 0 bridgehead atoms. The zero-order valence-corrected chi connectivity index (χ0v) is 12.0. The molecule has 5 aromatic rings. The van der Waals surface area contributed by atoms with Gasteiger partial charge in [-0.15, -0.1) is 0 Å². The van der Waals surface area contributed by atoms with Crippen molar-refractivity contribution in [2.75, 3.05) is 0 Å². The summed E-state index contributed by atoms with van der Waals surface area (Å²) in [7, 11) is 0. The second-order valence-electron chi connectivity index (χ2n) is 5.59. The maximum Gasteiger partial charge on any atom is 0.0782 e. The number of rotatable bonds is 1. The average Bonchev–Trinajstić information content (AvgIpc) is 3.17. The van der Waals surface area contributed by atoms with Gasteiger partial charge in [0.05, 0.1) is 16.6 Å². The van der Waals surface area contributed by atoms with Crippen LogP contribution in [0.4, 0.5) is 0 Å². The molecule has 0 saturated heterocycles. The van der Waals surface area contributed by atoms with Gasteiger partial charge in [0.1, 0.15) is 0 Å². The van der Waals surface area contributed by atoms with Gasteiger partial charge >= 0.3 is 0 Å². The topological polar surface area (TPSA) is 20.7 Å². The van der Waals surface area contributed by atoms with Crippen molar-refractivity contribution in [2.24, 2.45) is 0 Å². The lowest BCUT2D eigenvalue weighted by Crippen LogP contribution is -1.93. The smallest absolute Gasteiger partial charge is 0.0782 e. The van der Waals surface area contributed by atoms with Crippen LogP contribution in [0.2, 0.25) is 0 Å².